The number of halogens is 1. The Morgan fingerprint density at radius 1 is 1.30 bits per heavy atom. The molecular weight excluding hydrogens is 328 g/mol. The molecule has 110 valence electrons. The molecule has 2 amide bonds. The number of carbonyl (C=O) groups excluding carboxylic acids is 2. The molecule has 2 rings (SSSR count). The van der Waals surface area contributed by atoms with Crippen LogP contribution in [0.25, 0.3) is 0 Å². The van der Waals surface area contributed by atoms with E-state index in [4.69, 9.17) is 4.74 Å². The number of hydrogen-bond donors (Lipinski definition) is 0. The van der Waals surface area contributed by atoms with Gasteiger partial charge in [0.15, 0.2) is 5.69 Å². The third-order valence-electron chi connectivity index (χ3n) is 3.08. The highest BCUT2D eigenvalue weighted by atomic mass is 79.9. The molecule has 0 saturated carbocycles. The summed E-state index contributed by atoms with van der Waals surface area (Å²) in [5.74, 6) is -0.124. The summed E-state index contributed by atoms with van der Waals surface area (Å²) in [4.78, 5) is 27.2. The highest BCUT2D eigenvalue weighted by molar-refractivity contribution is 9.10. The molecule has 0 N–H and O–H groups in total. The van der Waals surface area contributed by atoms with E-state index in [0.29, 0.717) is 43.0 Å². The molecule has 1 aliphatic rings. The van der Waals surface area contributed by atoms with E-state index in [9.17, 15) is 9.59 Å². The van der Waals surface area contributed by atoms with Gasteiger partial charge in [-0.2, -0.15) is 5.10 Å². The van der Waals surface area contributed by atoms with Crippen LogP contribution in [0.2, 0.25) is 0 Å². The van der Waals surface area contributed by atoms with E-state index in [0.717, 1.165) is 0 Å². The monoisotopic (exact) mass is 344 g/mol. The van der Waals surface area contributed by atoms with Crippen molar-refractivity contribution in [3.63, 3.8) is 0 Å². The predicted octanol–water partition coefficient (Wildman–Crippen LogP) is 1.10. The van der Waals surface area contributed by atoms with E-state index in [2.05, 4.69) is 21.0 Å². The normalized spacial score (nSPS) is 15.3. The number of ether oxygens (including phenoxy) is 1. The molecule has 1 aromatic heterocycles. The van der Waals surface area contributed by atoms with Crippen molar-refractivity contribution in [3.05, 3.63) is 16.4 Å². The molecule has 7 nitrogen and oxygen atoms in total. The van der Waals surface area contributed by atoms with Gasteiger partial charge in [0.2, 0.25) is 0 Å². The maximum Gasteiger partial charge on any atom is 0.409 e. The van der Waals surface area contributed by atoms with E-state index in [1.165, 1.54) is 0 Å². The largest absolute Gasteiger partial charge is 0.450 e. The molecule has 8 heteroatoms. The zero-order valence-corrected chi connectivity index (χ0v) is 13.1. The SMILES string of the molecule is CCOC(=O)N1CCN(C(=O)c2nn(C)cc2Br)CC1. The van der Waals surface area contributed by atoms with Crippen LogP contribution in [0.3, 0.4) is 0 Å². The quantitative estimate of drug-likeness (QED) is 0.805. The van der Waals surface area contributed by atoms with Gasteiger partial charge >= 0.3 is 6.09 Å². The summed E-state index contributed by atoms with van der Waals surface area (Å²) in [5, 5.41) is 4.14. The lowest BCUT2D eigenvalue weighted by Gasteiger charge is -2.33. The van der Waals surface area contributed by atoms with E-state index in [1.54, 1.807) is 34.6 Å². The summed E-state index contributed by atoms with van der Waals surface area (Å²) in [6.45, 7) is 4.07. The van der Waals surface area contributed by atoms with Gasteiger partial charge in [0.1, 0.15) is 0 Å². The van der Waals surface area contributed by atoms with Crippen molar-refractivity contribution in [1.29, 1.82) is 0 Å². The molecule has 0 aliphatic carbocycles. The van der Waals surface area contributed by atoms with Gasteiger partial charge in [-0.05, 0) is 22.9 Å². The third-order valence-corrected chi connectivity index (χ3v) is 3.66. The smallest absolute Gasteiger partial charge is 0.409 e. The first-order valence-corrected chi connectivity index (χ1v) is 7.22. The first-order chi connectivity index (χ1) is 9.52. The molecule has 20 heavy (non-hydrogen) atoms. The van der Waals surface area contributed by atoms with E-state index in [-0.39, 0.29) is 12.0 Å². The molecule has 1 fully saturated rings. The predicted molar refractivity (Wildman–Crippen MR) is 75.4 cm³/mol. The molecule has 0 bridgehead atoms. The number of piperazine rings is 1. The van der Waals surface area contributed by atoms with Crippen LogP contribution in [0, 0.1) is 0 Å². The third kappa shape index (κ3) is 3.12. The number of amides is 2. The fraction of sp³-hybridized carbons (Fsp3) is 0.583. The minimum Gasteiger partial charge on any atom is -0.450 e. The molecule has 0 spiro atoms. The maximum absolute atomic E-state index is 12.3. The van der Waals surface area contributed by atoms with Crippen LogP contribution >= 0.6 is 15.9 Å². The van der Waals surface area contributed by atoms with Gasteiger partial charge in [-0.1, -0.05) is 0 Å². The highest BCUT2D eigenvalue weighted by Gasteiger charge is 2.27. The van der Waals surface area contributed by atoms with Gasteiger partial charge in [0.25, 0.3) is 5.91 Å². The Labute approximate surface area is 125 Å². The van der Waals surface area contributed by atoms with Crippen LogP contribution in [-0.4, -0.2) is 64.4 Å². The average Bonchev–Trinajstić information content (AvgIpc) is 2.77. The molecule has 1 saturated heterocycles. The van der Waals surface area contributed by atoms with Crippen molar-refractivity contribution in [2.24, 2.45) is 7.05 Å². The second-order valence-corrected chi connectivity index (χ2v) is 5.33. The van der Waals surface area contributed by atoms with Crippen molar-refractivity contribution in [2.45, 2.75) is 6.92 Å². The van der Waals surface area contributed by atoms with Crippen LogP contribution in [0.5, 0.6) is 0 Å². The van der Waals surface area contributed by atoms with Gasteiger partial charge in [0, 0.05) is 39.4 Å². The number of aryl methyl sites for hydroxylation is 1. The number of aromatic nitrogens is 2. The molecular formula is C12H17BrN4O3. The van der Waals surface area contributed by atoms with Crippen LogP contribution in [-0.2, 0) is 11.8 Å². The molecule has 0 unspecified atom stereocenters. The fourth-order valence-corrected chi connectivity index (χ4v) is 2.61. The first-order valence-electron chi connectivity index (χ1n) is 6.43. The van der Waals surface area contributed by atoms with Crippen LogP contribution in [0.15, 0.2) is 10.7 Å². The molecule has 2 heterocycles. The number of nitrogens with zero attached hydrogens (tertiary/aromatic N) is 4. The standard InChI is InChI=1S/C12H17BrN4O3/c1-3-20-12(19)17-6-4-16(5-7-17)11(18)10-9(13)8-15(2)14-10/h8H,3-7H2,1-2H3. The minimum atomic E-state index is -0.321. The summed E-state index contributed by atoms with van der Waals surface area (Å²) in [6.07, 6.45) is 1.42. The van der Waals surface area contributed by atoms with Crippen molar-refractivity contribution < 1.29 is 14.3 Å². The molecule has 1 aromatic rings. The second-order valence-electron chi connectivity index (χ2n) is 4.48. The molecule has 0 atom stereocenters. The summed E-state index contributed by atoms with van der Waals surface area (Å²) in [7, 11) is 1.76. The highest BCUT2D eigenvalue weighted by Crippen LogP contribution is 2.17. The summed E-state index contributed by atoms with van der Waals surface area (Å²) in [5.41, 5.74) is 0.400. The van der Waals surface area contributed by atoms with Crippen LogP contribution in [0.4, 0.5) is 4.79 Å². The molecule has 0 aromatic carbocycles. The van der Waals surface area contributed by atoms with Gasteiger partial charge in [-0.15, -0.1) is 0 Å². The Hall–Kier alpha value is -1.57. The Bertz CT molecular complexity index is 509. The average molecular weight is 345 g/mol. The Morgan fingerprint density at radius 3 is 2.40 bits per heavy atom. The number of carbonyl (C=O) groups is 2. The van der Waals surface area contributed by atoms with Crippen molar-refractivity contribution in [2.75, 3.05) is 32.8 Å². The topological polar surface area (TPSA) is 67.7 Å². The lowest BCUT2D eigenvalue weighted by Crippen LogP contribution is -2.50. The Morgan fingerprint density at radius 2 is 1.90 bits per heavy atom. The van der Waals surface area contributed by atoms with Gasteiger partial charge in [0.05, 0.1) is 11.1 Å². The maximum atomic E-state index is 12.3. The van der Waals surface area contributed by atoms with E-state index in [1.807, 2.05) is 0 Å². The van der Waals surface area contributed by atoms with Crippen molar-refractivity contribution in [1.82, 2.24) is 19.6 Å². The van der Waals surface area contributed by atoms with Crippen molar-refractivity contribution in [3.8, 4) is 0 Å². The minimum absolute atomic E-state index is 0.124. The van der Waals surface area contributed by atoms with Gasteiger partial charge < -0.3 is 14.5 Å². The summed E-state index contributed by atoms with van der Waals surface area (Å²) in [6, 6.07) is 0. The van der Waals surface area contributed by atoms with Gasteiger partial charge in [-0.25, -0.2) is 4.79 Å². The number of rotatable bonds is 2. The second kappa shape index (κ2) is 6.25. The Kier molecular flexibility index (Phi) is 4.64. The fourth-order valence-electron chi connectivity index (χ4n) is 2.06. The first kappa shape index (κ1) is 14.8. The zero-order chi connectivity index (χ0) is 14.7. The van der Waals surface area contributed by atoms with Crippen molar-refractivity contribution >= 4 is 27.9 Å². The van der Waals surface area contributed by atoms with E-state index >= 15 is 0 Å². The molecule has 0 radical (unpaired) electrons. The lowest BCUT2D eigenvalue weighted by atomic mass is 10.3. The zero-order valence-electron chi connectivity index (χ0n) is 11.5. The summed E-state index contributed by atoms with van der Waals surface area (Å²) >= 11 is 3.32. The summed E-state index contributed by atoms with van der Waals surface area (Å²) < 4.78 is 7.21. The van der Waals surface area contributed by atoms with Crippen LogP contribution in [0.1, 0.15) is 17.4 Å². The van der Waals surface area contributed by atoms with E-state index < -0.39 is 0 Å². The lowest BCUT2D eigenvalue weighted by molar-refractivity contribution is 0.0564. The Balaban J connectivity index is 1.95. The van der Waals surface area contributed by atoms with Gasteiger partial charge in [-0.3, -0.25) is 9.48 Å². The number of hydrogen-bond acceptors (Lipinski definition) is 4. The van der Waals surface area contributed by atoms with Crippen LogP contribution < -0.4 is 0 Å². The molecule has 1 aliphatic heterocycles.